The standard InChI is InChI=1S/C7H16Br2Si2/c1-2-5-11(9)6-3-4-10(8)7-11/h10H,2-7H2,1H3. The van der Waals surface area contributed by atoms with Crippen LogP contribution in [-0.4, -0.2) is 14.1 Å². The zero-order valence-corrected chi connectivity index (χ0v) is 12.4. The highest BCUT2D eigenvalue weighted by atomic mass is 79.9. The third-order valence-electron chi connectivity index (χ3n) is 2.43. The van der Waals surface area contributed by atoms with Gasteiger partial charge < -0.3 is 0 Å². The molecule has 66 valence electrons. The van der Waals surface area contributed by atoms with E-state index in [9.17, 15) is 0 Å². The Kier molecular flexibility index (Phi) is 4.36. The molecule has 1 aliphatic rings. The second-order valence-corrected chi connectivity index (χ2v) is 19.2. The number of rotatable bonds is 2. The van der Waals surface area contributed by atoms with Gasteiger partial charge in [-0.2, -0.15) is 0 Å². The van der Waals surface area contributed by atoms with Crippen LogP contribution in [0.15, 0.2) is 0 Å². The molecule has 0 amide bonds. The maximum Gasteiger partial charge on any atom is 0.128 e. The highest BCUT2D eigenvalue weighted by Crippen LogP contribution is 2.38. The van der Waals surface area contributed by atoms with Crippen molar-refractivity contribution in [1.82, 2.24) is 0 Å². The normalized spacial score (nSPS) is 39.0. The molecular weight excluding hydrogens is 300 g/mol. The van der Waals surface area contributed by atoms with E-state index in [4.69, 9.17) is 0 Å². The Morgan fingerprint density at radius 2 is 2.27 bits per heavy atom. The van der Waals surface area contributed by atoms with E-state index in [1.807, 2.05) is 0 Å². The number of halogens is 2. The Labute approximate surface area is 87.9 Å². The molecule has 0 aromatic rings. The quantitative estimate of drug-likeness (QED) is 0.537. The van der Waals surface area contributed by atoms with E-state index in [0.717, 1.165) is 0 Å². The molecule has 0 aromatic carbocycles. The lowest BCUT2D eigenvalue weighted by atomic mass is 10.6. The molecule has 0 radical (unpaired) electrons. The Morgan fingerprint density at radius 3 is 2.82 bits per heavy atom. The first kappa shape index (κ1) is 10.5. The van der Waals surface area contributed by atoms with Gasteiger partial charge in [-0.3, -0.25) is 0 Å². The van der Waals surface area contributed by atoms with E-state index in [-0.39, 0.29) is 0 Å². The van der Waals surface area contributed by atoms with Crippen LogP contribution in [0, 0.1) is 0 Å². The van der Waals surface area contributed by atoms with Gasteiger partial charge in [0, 0.05) is 0 Å². The zero-order chi connectivity index (χ0) is 8.32. The molecule has 4 heteroatoms. The minimum atomic E-state index is -0.872. The van der Waals surface area contributed by atoms with Gasteiger partial charge in [0.25, 0.3) is 0 Å². The molecule has 1 saturated heterocycles. The van der Waals surface area contributed by atoms with Crippen LogP contribution in [0.3, 0.4) is 0 Å². The average molecular weight is 316 g/mol. The van der Waals surface area contributed by atoms with Crippen LogP contribution in [0.4, 0.5) is 0 Å². The fraction of sp³-hybridized carbons (Fsp3) is 1.00. The van der Waals surface area contributed by atoms with Crippen molar-refractivity contribution < 1.29 is 0 Å². The van der Waals surface area contributed by atoms with Gasteiger partial charge in [0.15, 0.2) is 0 Å². The topological polar surface area (TPSA) is 0 Å². The van der Waals surface area contributed by atoms with Crippen LogP contribution >= 0.6 is 30.6 Å². The van der Waals surface area contributed by atoms with E-state index in [1.165, 1.54) is 31.0 Å². The van der Waals surface area contributed by atoms with Crippen molar-refractivity contribution in [2.45, 2.75) is 43.6 Å². The monoisotopic (exact) mass is 314 g/mol. The summed E-state index contributed by atoms with van der Waals surface area (Å²) in [6.07, 6.45) is 2.88. The molecule has 1 aliphatic heterocycles. The highest BCUT2D eigenvalue weighted by Gasteiger charge is 2.35. The predicted molar refractivity (Wildman–Crippen MR) is 64.9 cm³/mol. The fourth-order valence-electron chi connectivity index (χ4n) is 1.92. The van der Waals surface area contributed by atoms with Crippen LogP contribution in [0.2, 0.25) is 23.8 Å². The van der Waals surface area contributed by atoms with Crippen LogP contribution in [0.5, 0.6) is 0 Å². The van der Waals surface area contributed by atoms with Gasteiger partial charge in [-0.25, -0.2) is 0 Å². The molecule has 0 aliphatic carbocycles. The summed E-state index contributed by atoms with van der Waals surface area (Å²) in [6, 6.07) is 4.57. The largest absolute Gasteiger partial charge is 0.131 e. The van der Waals surface area contributed by atoms with Crippen molar-refractivity contribution in [2.24, 2.45) is 0 Å². The van der Waals surface area contributed by atoms with Gasteiger partial charge in [0.2, 0.25) is 0 Å². The Hall–Kier alpha value is 1.39. The smallest absolute Gasteiger partial charge is 0.128 e. The molecule has 1 rings (SSSR count). The van der Waals surface area contributed by atoms with Gasteiger partial charge in [-0.05, 0) is 17.8 Å². The van der Waals surface area contributed by atoms with Crippen molar-refractivity contribution >= 4 is 44.7 Å². The van der Waals surface area contributed by atoms with Crippen LogP contribution in [0.1, 0.15) is 19.8 Å². The summed E-state index contributed by atoms with van der Waals surface area (Å²) in [5.74, 6) is 0. The summed E-state index contributed by atoms with van der Waals surface area (Å²) in [6.45, 7) is 1.44. The predicted octanol–water partition coefficient (Wildman–Crippen LogP) is 3.80. The van der Waals surface area contributed by atoms with Crippen molar-refractivity contribution in [3.8, 4) is 0 Å². The average Bonchev–Trinajstić information content (AvgIpc) is 1.86. The second kappa shape index (κ2) is 4.58. The molecule has 0 saturated carbocycles. The molecule has 0 nitrogen and oxygen atoms in total. The fourth-order valence-corrected chi connectivity index (χ4v) is 26.6. The van der Waals surface area contributed by atoms with Gasteiger partial charge in [0.1, 0.15) is 14.1 Å². The zero-order valence-electron chi connectivity index (χ0n) is 7.08. The van der Waals surface area contributed by atoms with E-state index >= 15 is 0 Å². The van der Waals surface area contributed by atoms with Gasteiger partial charge >= 0.3 is 0 Å². The SMILES string of the molecule is CCC[Si]1(Br)CCC[SiH](Br)C1. The maximum atomic E-state index is 4.04. The minimum absolute atomic E-state index is 0.424. The Bertz CT molecular complexity index is 128. The van der Waals surface area contributed by atoms with E-state index in [1.54, 1.807) is 5.67 Å². The Morgan fingerprint density at radius 1 is 1.55 bits per heavy atom. The van der Waals surface area contributed by atoms with Crippen molar-refractivity contribution in [1.29, 1.82) is 0 Å². The molecule has 0 bridgehead atoms. The first-order valence-electron chi connectivity index (χ1n) is 4.49. The molecule has 1 fully saturated rings. The summed E-state index contributed by atoms with van der Waals surface area (Å²) in [5, 5.41) is 0. The molecule has 11 heavy (non-hydrogen) atoms. The first-order valence-corrected chi connectivity index (χ1v) is 14.2. The lowest BCUT2D eigenvalue weighted by molar-refractivity contribution is 0.973. The minimum Gasteiger partial charge on any atom is -0.131 e. The molecule has 2 unspecified atom stereocenters. The summed E-state index contributed by atoms with van der Waals surface area (Å²) < 4.78 is 0. The van der Waals surface area contributed by atoms with Crippen LogP contribution in [-0.2, 0) is 0 Å². The third kappa shape index (κ3) is 3.32. The van der Waals surface area contributed by atoms with Crippen molar-refractivity contribution in [3.05, 3.63) is 0 Å². The highest BCUT2D eigenvalue weighted by molar-refractivity contribution is 9.27. The summed E-state index contributed by atoms with van der Waals surface area (Å²) in [5.41, 5.74) is 1.58. The van der Waals surface area contributed by atoms with Crippen molar-refractivity contribution in [3.63, 3.8) is 0 Å². The number of hydrogen-bond donors (Lipinski definition) is 0. The maximum absolute atomic E-state index is 4.04. The molecular formula is C7H16Br2Si2. The summed E-state index contributed by atoms with van der Waals surface area (Å²) in [4.78, 5) is 0. The van der Waals surface area contributed by atoms with Gasteiger partial charge in [-0.15, -0.1) is 30.6 Å². The third-order valence-corrected chi connectivity index (χ3v) is 20.4. The molecule has 2 atom stereocenters. The second-order valence-electron chi connectivity index (χ2n) is 3.59. The van der Waals surface area contributed by atoms with Crippen molar-refractivity contribution in [2.75, 3.05) is 0 Å². The summed E-state index contributed by atoms with van der Waals surface area (Å²) in [7, 11) is -0.424. The van der Waals surface area contributed by atoms with Crippen LogP contribution in [0.25, 0.3) is 0 Å². The van der Waals surface area contributed by atoms with E-state index in [0.29, 0.717) is 0 Å². The van der Waals surface area contributed by atoms with Crippen LogP contribution < -0.4 is 0 Å². The first-order chi connectivity index (χ1) is 5.16. The molecule has 0 spiro atoms. The molecule has 0 aromatic heterocycles. The van der Waals surface area contributed by atoms with Gasteiger partial charge in [-0.1, -0.05) is 25.8 Å². The summed E-state index contributed by atoms with van der Waals surface area (Å²) >= 11 is 7.92. The number of hydrogen-bond acceptors (Lipinski definition) is 0. The van der Waals surface area contributed by atoms with E-state index in [2.05, 4.69) is 37.5 Å². The molecule has 1 heterocycles. The van der Waals surface area contributed by atoms with E-state index < -0.39 is 14.1 Å². The molecule has 0 N–H and O–H groups in total. The lowest BCUT2D eigenvalue weighted by Crippen LogP contribution is -2.34. The Balaban J connectivity index is 2.41. The lowest BCUT2D eigenvalue weighted by Gasteiger charge is -2.31. The van der Waals surface area contributed by atoms with Gasteiger partial charge in [0.05, 0.1) is 0 Å².